The first-order chi connectivity index (χ1) is 13.0. The highest BCUT2D eigenvalue weighted by Crippen LogP contribution is 2.27. The molecule has 0 spiro atoms. The van der Waals surface area contributed by atoms with Gasteiger partial charge in [0.2, 0.25) is 0 Å². The van der Waals surface area contributed by atoms with Crippen molar-refractivity contribution in [2.45, 2.75) is 19.9 Å². The Morgan fingerprint density at radius 3 is 2.96 bits per heavy atom. The number of fused-ring (bicyclic) bond motifs is 1. The van der Waals surface area contributed by atoms with Crippen LogP contribution in [-0.4, -0.2) is 51.6 Å². The van der Waals surface area contributed by atoms with Gasteiger partial charge in [-0.2, -0.15) is 0 Å². The summed E-state index contributed by atoms with van der Waals surface area (Å²) in [6.45, 7) is 5.90. The summed E-state index contributed by atoms with van der Waals surface area (Å²) in [5.74, 6) is 0.510. The van der Waals surface area contributed by atoms with E-state index in [2.05, 4.69) is 25.2 Å². The number of carbonyl (C=O) groups is 1. The molecule has 4 rings (SSSR count). The van der Waals surface area contributed by atoms with Crippen molar-refractivity contribution in [3.63, 3.8) is 0 Å². The summed E-state index contributed by atoms with van der Waals surface area (Å²) in [6, 6.07) is 5.67. The summed E-state index contributed by atoms with van der Waals surface area (Å²) in [6.07, 6.45) is 3.48. The first kappa shape index (κ1) is 17.3. The number of benzene rings is 1. The largest absolute Gasteiger partial charge is 0.352 e. The van der Waals surface area contributed by atoms with Gasteiger partial charge in [0, 0.05) is 37.6 Å². The lowest BCUT2D eigenvalue weighted by Gasteiger charge is -2.40. The topological polar surface area (TPSA) is 77.2 Å². The first-order valence-electron chi connectivity index (χ1n) is 8.90. The lowest BCUT2D eigenvalue weighted by molar-refractivity contribution is 0.184. The number of carbonyl (C=O) groups excluding carboxylic acids is 1. The highest BCUT2D eigenvalue weighted by molar-refractivity contribution is 5.91. The van der Waals surface area contributed by atoms with Crippen LogP contribution in [0.4, 0.5) is 20.7 Å². The van der Waals surface area contributed by atoms with Crippen molar-refractivity contribution < 1.29 is 9.18 Å². The second-order valence-electron chi connectivity index (χ2n) is 6.82. The van der Waals surface area contributed by atoms with E-state index in [0.29, 0.717) is 25.3 Å². The van der Waals surface area contributed by atoms with Crippen LogP contribution in [0.15, 0.2) is 36.8 Å². The predicted octanol–water partition coefficient (Wildman–Crippen LogP) is 3.15. The average molecular weight is 368 g/mol. The fraction of sp³-hybridized carbons (Fsp3) is 0.316. The Bertz CT molecular complexity index is 987. The number of piperazine rings is 1. The average Bonchev–Trinajstić information content (AvgIpc) is 3.03. The molecule has 0 unspecified atom stereocenters. The maximum absolute atomic E-state index is 13.3. The number of aromatic amines is 1. The number of aryl methyl sites for hydroxylation is 1. The van der Waals surface area contributed by atoms with Crippen LogP contribution in [0.2, 0.25) is 0 Å². The minimum absolute atomic E-state index is 0.0171. The third-order valence-corrected chi connectivity index (χ3v) is 4.91. The number of halogens is 1. The molecule has 3 heterocycles. The fourth-order valence-electron chi connectivity index (χ4n) is 3.55. The van der Waals surface area contributed by atoms with E-state index in [0.717, 1.165) is 22.4 Å². The Morgan fingerprint density at radius 2 is 2.19 bits per heavy atom. The van der Waals surface area contributed by atoms with Gasteiger partial charge in [0.15, 0.2) is 0 Å². The SMILES string of the molecule is Cc1c[nH]c2ncnc(N3CCN(C(=O)Nc4cccc(F)c4)[C@@H](C)C3)c12. The van der Waals surface area contributed by atoms with Crippen LogP contribution in [0.5, 0.6) is 0 Å². The fourth-order valence-corrected chi connectivity index (χ4v) is 3.55. The highest BCUT2D eigenvalue weighted by atomic mass is 19.1. The highest BCUT2D eigenvalue weighted by Gasteiger charge is 2.29. The van der Waals surface area contributed by atoms with Crippen molar-refractivity contribution in [2.24, 2.45) is 0 Å². The van der Waals surface area contributed by atoms with E-state index in [9.17, 15) is 9.18 Å². The van der Waals surface area contributed by atoms with Gasteiger partial charge in [0.05, 0.1) is 5.39 Å². The Morgan fingerprint density at radius 1 is 1.33 bits per heavy atom. The minimum Gasteiger partial charge on any atom is -0.352 e. The molecule has 8 heteroatoms. The van der Waals surface area contributed by atoms with Crippen LogP contribution >= 0.6 is 0 Å². The summed E-state index contributed by atoms with van der Waals surface area (Å²) < 4.78 is 13.3. The van der Waals surface area contributed by atoms with Gasteiger partial charge < -0.3 is 20.1 Å². The molecule has 140 valence electrons. The zero-order chi connectivity index (χ0) is 19.0. The van der Waals surface area contributed by atoms with Gasteiger partial charge in [0.25, 0.3) is 0 Å². The Balaban J connectivity index is 1.49. The third-order valence-electron chi connectivity index (χ3n) is 4.91. The standard InChI is InChI=1S/C19H21FN6O/c1-12-9-21-17-16(12)18(23-11-22-17)25-6-7-26(13(2)10-25)19(27)24-15-5-3-4-14(20)8-15/h3-5,8-9,11,13H,6-7,10H2,1-2H3,(H,24,27)(H,21,22,23)/t13-/m0/s1. The molecule has 1 atom stereocenters. The maximum atomic E-state index is 13.3. The lowest BCUT2D eigenvalue weighted by Crippen LogP contribution is -2.55. The smallest absolute Gasteiger partial charge is 0.322 e. The van der Waals surface area contributed by atoms with Gasteiger partial charge in [-0.25, -0.2) is 19.2 Å². The van der Waals surface area contributed by atoms with Crippen molar-refractivity contribution in [2.75, 3.05) is 29.9 Å². The molecule has 3 aromatic rings. The van der Waals surface area contributed by atoms with Gasteiger partial charge in [0.1, 0.15) is 23.6 Å². The molecule has 0 radical (unpaired) electrons. The monoisotopic (exact) mass is 368 g/mol. The Labute approximate surface area is 156 Å². The van der Waals surface area contributed by atoms with Crippen molar-refractivity contribution in [1.82, 2.24) is 19.9 Å². The number of rotatable bonds is 2. The number of H-pyrrole nitrogens is 1. The lowest BCUT2D eigenvalue weighted by atomic mass is 10.1. The predicted molar refractivity (Wildman–Crippen MR) is 102 cm³/mol. The first-order valence-corrected chi connectivity index (χ1v) is 8.90. The van der Waals surface area contributed by atoms with E-state index < -0.39 is 0 Å². The van der Waals surface area contributed by atoms with Crippen LogP contribution in [0.3, 0.4) is 0 Å². The van der Waals surface area contributed by atoms with E-state index in [1.807, 2.05) is 20.0 Å². The molecular formula is C19H21FN6O. The minimum atomic E-state index is -0.375. The number of nitrogens with one attached hydrogen (secondary N) is 2. The molecule has 0 bridgehead atoms. The van der Waals surface area contributed by atoms with Gasteiger partial charge in [-0.15, -0.1) is 0 Å². The molecular weight excluding hydrogens is 347 g/mol. The number of nitrogens with zero attached hydrogens (tertiary/aromatic N) is 4. The second kappa shape index (κ2) is 6.86. The molecule has 2 amide bonds. The molecule has 1 aromatic carbocycles. The van der Waals surface area contributed by atoms with Crippen LogP contribution in [0, 0.1) is 12.7 Å². The third kappa shape index (κ3) is 3.30. The molecule has 2 N–H and O–H groups in total. The summed E-state index contributed by atoms with van der Waals surface area (Å²) in [7, 11) is 0. The van der Waals surface area contributed by atoms with Crippen molar-refractivity contribution in [1.29, 1.82) is 0 Å². The molecule has 7 nitrogen and oxygen atoms in total. The summed E-state index contributed by atoms with van der Waals surface area (Å²) in [4.78, 5) is 28.5. The second-order valence-corrected chi connectivity index (χ2v) is 6.82. The van der Waals surface area contributed by atoms with E-state index in [1.54, 1.807) is 23.4 Å². The van der Waals surface area contributed by atoms with E-state index in [4.69, 9.17) is 0 Å². The molecule has 27 heavy (non-hydrogen) atoms. The van der Waals surface area contributed by atoms with Crippen LogP contribution in [0.1, 0.15) is 12.5 Å². The van der Waals surface area contributed by atoms with Gasteiger partial charge in [-0.1, -0.05) is 6.07 Å². The zero-order valence-corrected chi connectivity index (χ0v) is 15.2. The molecule has 1 saturated heterocycles. The number of urea groups is 1. The number of hydrogen-bond acceptors (Lipinski definition) is 4. The van der Waals surface area contributed by atoms with Crippen LogP contribution in [-0.2, 0) is 0 Å². The molecule has 2 aromatic heterocycles. The van der Waals surface area contributed by atoms with E-state index in [-0.39, 0.29) is 17.9 Å². The summed E-state index contributed by atoms with van der Waals surface area (Å²) >= 11 is 0. The van der Waals surface area contributed by atoms with Crippen molar-refractivity contribution in [3.05, 3.63) is 48.2 Å². The molecule has 0 saturated carbocycles. The van der Waals surface area contributed by atoms with Gasteiger partial charge in [-0.05, 0) is 37.6 Å². The number of amides is 2. The van der Waals surface area contributed by atoms with E-state index >= 15 is 0 Å². The number of hydrogen-bond donors (Lipinski definition) is 2. The van der Waals surface area contributed by atoms with Crippen LogP contribution in [0.25, 0.3) is 11.0 Å². The van der Waals surface area contributed by atoms with Gasteiger partial charge in [-0.3, -0.25) is 0 Å². The zero-order valence-electron chi connectivity index (χ0n) is 15.2. The summed E-state index contributed by atoms with van der Waals surface area (Å²) in [5.41, 5.74) is 2.37. The normalized spacial score (nSPS) is 17.4. The van der Waals surface area contributed by atoms with Crippen molar-refractivity contribution in [3.8, 4) is 0 Å². The molecule has 1 aliphatic rings. The van der Waals surface area contributed by atoms with E-state index in [1.165, 1.54) is 12.1 Å². The summed E-state index contributed by atoms with van der Waals surface area (Å²) in [5, 5.41) is 3.79. The quantitative estimate of drug-likeness (QED) is 0.728. The van der Waals surface area contributed by atoms with Crippen LogP contribution < -0.4 is 10.2 Å². The number of anilines is 2. The number of aromatic nitrogens is 3. The van der Waals surface area contributed by atoms with Crippen molar-refractivity contribution >= 4 is 28.6 Å². The molecule has 1 aliphatic heterocycles. The molecule has 1 fully saturated rings. The Hall–Kier alpha value is -3.16. The Kier molecular flexibility index (Phi) is 4.39. The molecule has 0 aliphatic carbocycles. The van der Waals surface area contributed by atoms with Gasteiger partial charge >= 0.3 is 6.03 Å². The maximum Gasteiger partial charge on any atom is 0.322 e.